The molecule has 4 heterocycles. The highest BCUT2D eigenvalue weighted by Gasteiger charge is 2.41. The van der Waals surface area contributed by atoms with Crippen molar-refractivity contribution < 1.29 is 4.74 Å². The zero-order chi connectivity index (χ0) is 15.2. The van der Waals surface area contributed by atoms with Crippen molar-refractivity contribution in [3.63, 3.8) is 0 Å². The van der Waals surface area contributed by atoms with Gasteiger partial charge in [0.05, 0.1) is 37.6 Å². The first-order chi connectivity index (χ1) is 10.7. The van der Waals surface area contributed by atoms with Crippen LogP contribution < -0.4 is 0 Å². The van der Waals surface area contributed by atoms with E-state index in [2.05, 4.69) is 21.1 Å². The van der Waals surface area contributed by atoms with E-state index < -0.39 is 0 Å². The molecule has 4 rings (SSSR count). The lowest BCUT2D eigenvalue weighted by Gasteiger charge is -2.39. The predicted molar refractivity (Wildman–Crippen MR) is 82.7 cm³/mol. The van der Waals surface area contributed by atoms with Gasteiger partial charge in [0.25, 0.3) is 0 Å². The molecule has 3 aromatic heterocycles. The van der Waals surface area contributed by atoms with Gasteiger partial charge in [-0.1, -0.05) is 0 Å². The van der Waals surface area contributed by atoms with Crippen molar-refractivity contribution in [2.45, 2.75) is 12.0 Å². The van der Waals surface area contributed by atoms with Gasteiger partial charge < -0.3 is 4.74 Å². The lowest BCUT2D eigenvalue weighted by atomic mass is 9.94. The molecule has 8 heteroatoms. The number of fused-ring (bicyclic) bond motifs is 1. The Morgan fingerprint density at radius 3 is 3.05 bits per heavy atom. The molecule has 110 valence electrons. The SMILES string of the molecule is N#CCC1(n2cc(-c3nc(Cl)nc4sccc34)cn2)COC1. The molecule has 1 aliphatic heterocycles. The van der Waals surface area contributed by atoms with Gasteiger partial charge in [-0.15, -0.1) is 11.3 Å². The third-order valence-corrected chi connectivity index (χ3v) is 4.77. The van der Waals surface area contributed by atoms with Gasteiger partial charge in [0.1, 0.15) is 10.4 Å². The summed E-state index contributed by atoms with van der Waals surface area (Å²) in [4.78, 5) is 9.41. The van der Waals surface area contributed by atoms with Crippen LogP contribution in [-0.2, 0) is 10.3 Å². The number of hydrogen-bond donors (Lipinski definition) is 0. The molecule has 0 saturated carbocycles. The highest BCUT2D eigenvalue weighted by Crippen LogP contribution is 2.33. The van der Waals surface area contributed by atoms with Crippen LogP contribution in [0.4, 0.5) is 0 Å². The highest BCUT2D eigenvalue weighted by molar-refractivity contribution is 7.16. The minimum Gasteiger partial charge on any atom is -0.376 e. The van der Waals surface area contributed by atoms with Crippen molar-refractivity contribution in [1.29, 1.82) is 5.26 Å². The molecule has 0 N–H and O–H groups in total. The molecule has 22 heavy (non-hydrogen) atoms. The molecule has 0 radical (unpaired) electrons. The van der Waals surface area contributed by atoms with E-state index in [0.29, 0.717) is 19.6 Å². The summed E-state index contributed by atoms with van der Waals surface area (Å²) in [5, 5.41) is 16.6. The van der Waals surface area contributed by atoms with Crippen LogP contribution in [0.1, 0.15) is 6.42 Å². The first-order valence-electron chi connectivity index (χ1n) is 6.63. The number of aromatic nitrogens is 4. The summed E-state index contributed by atoms with van der Waals surface area (Å²) >= 11 is 7.53. The van der Waals surface area contributed by atoms with Crippen LogP contribution in [0.15, 0.2) is 23.8 Å². The fraction of sp³-hybridized carbons (Fsp3) is 0.286. The highest BCUT2D eigenvalue weighted by atomic mass is 35.5. The van der Waals surface area contributed by atoms with E-state index in [9.17, 15) is 0 Å². The minimum absolute atomic E-state index is 0.219. The Bertz CT molecular complexity index is 892. The van der Waals surface area contributed by atoms with E-state index in [1.807, 2.05) is 22.3 Å². The van der Waals surface area contributed by atoms with Crippen molar-refractivity contribution in [2.24, 2.45) is 0 Å². The number of thiophene rings is 1. The van der Waals surface area contributed by atoms with E-state index in [0.717, 1.165) is 21.5 Å². The topological polar surface area (TPSA) is 76.6 Å². The molecule has 0 aliphatic carbocycles. The van der Waals surface area contributed by atoms with E-state index in [1.165, 1.54) is 11.3 Å². The predicted octanol–water partition coefficient (Wildman–Crippen LogP) is 2.85. The molecule has 0 atom stereocenters. The zero-order valence-electron chi connectivity index (χ0n) is 11.4. The van der Waals surface area contributed by atoms with E-state index >= 15 is 0 Å². The molecule has 1 fully saturated rings. The number of halogens is 1. The van der Waals surface area contributed by atoms with Gasteiger partial charge >= 0.3 is 0 Å². The van der Waals surface area contributed by atoms with Crippen molar-refractivity contribution in [1.82, 2.24) is 19.7 Å². The molecule has 0 amide bonds. The first kappa shape index (κ1) is 13.6. The van der Waals surface area contributed by atoms with Crippen molar-refractivity contribution in [2.75, 3.05) is 13.2 Å². The van der Waals surface area contributed by atoms with Gasteiger partial charge in [0.15, 0.2) is 0 Å². The molecule has 0 bridgehead atoms. The van der Waals surface area contributed by atoms with Gasteiger partial charge in [0.2, 0.25) is 5.28 Å². The summed E-state index contributed by atoms with van der Waals surface area (Å²) in [5.41, 5.74) is 1.25. The number of ether oxygens (including phenoxy) is 1. The maximum atomic E-state index is 9.02. The van der Waals surface area contributed by atoms with Crippen LogP contribution in [0.25, 0.3) is 21.5 Å². The van der Waals surface area contributed by atoms with Crippen LogP contribution in [0, 0.1) is 11.3 Å². The van der Waals surface area contributed by atoms with Crippen LogP contribution in [0.2, 0.25) is 5.28 Å². The Kier molecular flexibility index (Phi) is 3.11. The van der Waals surface area contributed by atoms with Crippen molar-refractivity contribution >= 4 is 33.2 Å². The second-order valence-corrected chi connectivity index (χ2v) is 6.44. The molecule has 3 aromatic rings. The monoisotopic (exact) mass is 331 g/mol. The smallest absolute Gasteiger partial charge is 0.224 e. The Morgan fingerprint density at radius 2 is 2.32 bits per heavy atom. The Balaban J connectivity index is 1.81. The van der Waals surface area contributed by atoms with E-state index in [-0.39, 0.29) is 10.8 Å². The van der Waals surface area contributed by atoms with Crippen LogP contribution in [0.5, 0.6) is 0 Å². The molecular weight excluding hydrogens is 322 g/mol. The summed E-state index contributed by atoms with van der Waals surface area (Å²) in [7, 11) is 0. The number of hydrogen-bond acceptors (Lipinski definition) is 6. The van der Waals surface area contributed by atoms with Crippen LogP contribution >= 0.6 is 22.9 Å². The lowest BCUT2D eigenvalue weighted by molar-refractivity contribution is -0.104. The third-order valence-electron chi connectivity index (χ3n) is 3.79. The average molecular weight is 332 g/mol. The maximum absolute atomic E-state index is 9.02. The zero-order valence-corrected chi connectivity index (χ0v) is 12.9. The minimum atomic E-state index is -0.364. The van der Waals surface area contributed by atoms with Gasteiger partial charge in [-0.25, -0.2) is 9.97 Å². The summed E-state index contributed by atoms with van der Waals surface area (Å²) in [5.74, 6) is 0. The Morgan fingerprint density at radius 1 is 1.45 bits per heavy atom. The van der Waals surface area contributed by atoms with Crippen molar-refractivity contribution in [3.05, 3.63) is 29.1 Å². The third kappa shape index (κ3) is 2.00. The Hall–Kier alpha value is -2.01. The Labute approximate surface area is 134 Å². The van der Waals surface area contributed by atoms with Crippen LogP contribution in [0.3, 0.4) is 0 Å². The fourth-order valence-electron chi connectivity index (χ4n) is 2.55. The number of nitriles is 1. The molecule has 1 saturated heterocycles. The summed E-state index contributed by atoms with van der Waals surface area (Å²) in [6.45, 7) is 1.00. The van der Waals surface area contributed by atoms with Crippen LogP contribution in [-0.4, -0.2) is 33.0 Å². The average Bonchev–Trinajstić information content (AvgIpc) is 3.10. The second kappa shape index (κ2) is 5.02. The fourth-order valence-corrected chi connectivity index (χ4v) is 3.54. The van der Waals surface area contributed by atoms with Gasteiger partial charge in [-0.05, 0) is 23.0 Å². The summed E-state index contributed by atoms with van der Waals surface area (Å²) in [6, 6.07) is 4.18. The summed E-state index contributed by atoms with van der Waals surface area (Å²) in [6.07, 6.45) is 4.01. The van der Waals surface area contributed by atoms with E-state index in [4.69, 9.17) is 21.6 Å². The molecule has 0 spiro atoms. The van der Waals surface area contributed by atoms with Crippen molar-refractivity contribution in [3.8, 4) is 17.3 Å². The van der Waals surface area contributed by atoms with Gasteiger partial charge in [-0.3, -0.25) is 4.68 Å². The molecular formula is C14H10ClN5OS. The van der Waals surface area contributed by atoms with Gasteiger partial charge in [-0.2, -0.15) is 10.4 Å². The quantitative estimate of drug-likeness (QED) is 0.690. The molecule has 0 unspecified atom stereocenters. The maximum Gasteiger partial charge on any atom is 0.224 e. The first-order valence-corrected chi connectivity index (χ1v) is 7.89. The number of rotatable bonds is 3. The molecule has 1 aliphatic rings. The lowest BCUT2D eigenvalue weighted by Crippen LogP contribution is -2.51. The summed E-state index contributed by atoms with van der Waals surface area (Å²) < 4.78 is 7.09. The molecule has 0 aromatic carbocycles. The second-order valence-electron chi connectivity index (χ2n) is 5.21. The molecule has 6 nitrogen and oxygen atoms in total. The van der Waals surface area contributed by atoms with Gasteiger partial charge in [0, 0.05) is 17.1 Å². The van der Waals surface area contributed by atoms with E-state index in [1.54, 1.807) is 6.20 Å². The largest absolute Gasteiger partial charge is 0.376 e. The standard InChI is InChI=1S/C14H10ClN5OS/c15-13-18-11(10-1-4-22-12(10)19-13)9-5-17-20(6-9)14(2-3-16)7-21-8-14/h1,4-6H,2,7-8H2. The normalized spacial score (nSPS) is 16.4. The number of nitrogens with zero attached hydrogens (tertiary/aromatic N) is 5.